The van der Waals surface area contributed by atoms with E-state index in [1.54, 1.807) is 19.9 Å². The molecular formula is C26H24F5N7O3. The molecular weight excluding hydrogens is 553 g/mol. The first-order valence-corrected chi connectivity index (χ1v) is 12.7. The second kappa shape index (κ2) is 9.68. The molecule has 0 amide bonds. The molecule has 1 saturated heterocycles. The number of ether oxygens (including phenoxy) is 2. The van der Waals surface area contributed by atoms with E-state index in [1.165, 1.54) is 0 Å². The van der Waals surface area contributed by atoms with Gasteiger partial charge in [-0.15, -0.1) is 0 Å². The first kappa shape index (κ1) is 26.9. The molecule has 0 aliphatic carbocycles. The minimum atomic E-state index is -5.05. The van der Waals surface area contributed by atoms with Crippen molar-refractivity contribution in [2.45, 2.75) is 45.7 Å². The maximum absolute atomic E-state index is 16.4. The fourth-order valence-corrected chi connectivity index (χ4v) is 5.29. The average Bonchev–Trinajstić information content (AvgIpc) is 3.30. The highest BCUT2D eigenvalue weighted by atomic mass is 19.4. The standard InChI is InChI=1S/C26H24F5N7O3/c1-10-6-13(41-37-10)9-39-25-35-22-17-23(36-25)38-5-4-33-8-16(38)12(3)40-24(17)34-21(20(22)28)14-7-15(32)19(27)11(2)18(14)26(29,30)31/h6-7,12,16,33H,4-5,8-9,32H2,1-3H3/t12-,16-/m0/s1. The van der Waals surface area contributed by atoms with Crippen LogP contribution in [0.25, 0.3) is 22.2 Å². The third-order valence-corrected chi connectivity index (χ3v) is 7.19. The Morgan fingerprint density at radius 3 is 2.63 bits per heavy atom. The molecule has 0 saturated carbocycles. The number of aromatic nitrogens is 4. The predicted octanol–water partition coefficient (Wildman–Crippen LogP) is 4.31. The molecule has 4 aromatic rings. The van der Waals surface area contributed by atoms with Gasteiger partial charge in [-0.05, 0) is 32.4 Å². The van der Waals surface area contributed by atoms with Crippen LogP contribution in [0.4, 0.5) is 33.5 Å². The van der Waals surface area contributed by atoms with Crippen molar-refractivity contribution >= 4 is 22.4 Å². The quantitative estimate of drug-likeness (QED) is 0.268. The number of piperazine rings is 1. The van der Waals surface area contributed by atoms with Crippen LogP contribution in [0.1, 0.15) is 29.5 Å². The first-order chi connectivity index (χ1) is 19.4. The average molecular weight is 578 g/mol. The number of benzene rings is 1. The number of aryl methyl sites for hydroxylation is 1. The van der Waals surface area contributed by atoms with E-state index in [2.05, 4.69) is 25.4 Å². The van der Waals surface area contributed by atoms with Crippen LogP contribution in [-0.4, -0.2) is 51.9 Å². The minimum Gasteiger partial charge on any atom is -0.472 e. The van der Waals surface area contributed by atoms with Gasteiger partial charge in [0.25, 0.3) is 0 Å². The summed E-state index contributed by atoms with van der Waals surface area (Å²) in [5.41, 5.74) is 1.65. The third kappa shape index (κ3) is 4.53. The molecule has 5 heterocycles. The number of nitrogens with two attached hydrogens (primary N) is 1. The van der Waals surface area contributed by atoms with Crippen LogP contribution in [0.2, 0.25) is 0 Å². The molecule has 3 aromatic heterocycles. The van der Waals surface area contributed by atoms with Crippen molar-refractivity contribution in [1.82, 2.24) is 25.4 Å². The van der Waals surface area contributed by atoms with Crippen LogP contribution in [0.3, 0.4) is 0 Å². The normalized spacial score (nSPS) is 18.7. The van der Waals surface area contributed by atoms with Crippen molar-refractivity contribution in [3.63, 3.8) is 0 Å². The summed E-state index contributed by atoms with van der Waals surface area (Å²) in [6.07, 6.45) is -5.58. The summed E-state index contributed by atoms with van der Waals surface area (Å²) in [4.78, 5) is 14.9. The molecule has 6 rings (SSSR count). The molecule has 1 fully saturated rings. The molecule has 15 heteroatoms. The highest BCUT2D eigenvalue weighted by molar-refractivity contribution is 5.97. The molecule has 1 aromatic carbocycles. The Morgan fingerprint density at radius 1 is 1.15 bits per heavy atom. The van der Waals surface area contributed by atoms with Gasteiger partial charge in [-0.2, -0.15) is 23.1 Å². The molecule has 2 aliphatic heterocycles. The van der Waals surface area contributed by atoms with Gasteiger partial charge in [-0.25, -0.2) is 13.8 Å². The van der Waals surface area contributed by atoms with Crippen LogP contribution in [-0.2, 0) is 12.8 Å². The fraction of sp³-hybridized carbons (Fsp3) is 0.385. The summed E-state index contributed by atoms with van der Waals surface area (Å²) >= 11 is 0. The van der Waals surface area contributed by atoms with E-state index in [0.29, 0.717) is 37.2 Å². The summed E-state index contributed by atoms with van der Waals surface area (Å²) < 4.78 is 90.5. The Balaban J connectivity index is 1.61. The van der Waals surface area contributed by atoms with Crippen LogP contribution in [0.15, 0.2) is 16.7 Å². The van der Waals surface area contributed by atoms with Gasteiger partial charge in [0, 0.05) is 31.3 Å². The van der Waals surface area contributed by atoms with E-state index in [4.69, 9.17) is 19.7 Å². The smallest absolute Gasteiger partial charge is 0.417 e. The second-order valence-corrected chi connectivity index (χ2v) is 9.97. The molecule has 10 nitrogen and oxygen atoms in total. The number of nitrogens with one attached hydrogen (secondary N) is 1. The van der Waals surface area contributed by atoms with Crippen LogP contribution < -0.4 is 25.4 Å². The summed E-state index contributed by atoms with van der Waals surface area (Å²) in [6.45, 7) is 5.84. The number of anilines is 2. The number of hydrogen-bond donors (Lipinski definition) is 2. The number of halogens is 5. The first-order valence-electron chi connectivity index (χ1n) is 12.7. The Morgan fingerprint density at radius 2 is 1.93 bits per heavy atom. The number of alkyl halides is 3. The number of pyridine rings is 1. The molecule has 0 bridgehead atoms. The Hall–Kier alpha value is -4.27. The fourth-order valence-electron chi connectivity index (χ4n) is 5.29. The van der Waals surface area contributed by atoms with Crippen molar-refractivity contribution < 1.29 is 35.9 Å². The van der Waals surface area contributed by atoms with Gasteiger partial charge < -0.3 is 29.9 Å². The molecule has 0 unspecified atom stereocenters. The van der Waals surface area contributed by atoms with E-state index in [9.17, 15) is 17.6 Å². The number of hydrogen-bond acceptors (Lipinski definition) is 10. The number of fused-ring (bicyclic) bond motifs is 2. The van der Waals surface area contributed by atoms with Gasteiger partial charge in [0.05, 0.1) is 23.0 Å². The maximum Gasteiger partial charge on any atom is 0.417 e. The van der Waals surface area contributed by atoms with E-state index in [0.717, 1.165) is 6.92 Å². The molecule has 2 atom stereocenters. The van der Waals surface area contributed by atoms with E-state index >= 15 is 4.39 Å². The number of nitrogen functional groups attached to an aromatic ring is 1. The minimum absolute atomic E-state index is 0.0747. The summed E-state index contributed by atoms with van der Waals surface area (Å²) in [6, 6.07) is 1.83. The molecule has 41 heavy (non-hydrogen) atoms. The SMILES string of the molecule is Cc1cc(COc2nc3c4c(nc(-c5cc(N)c(F)c(C)c5C(F)(F)F)c(F)c4n2)O[C@@H](C)[C@@H]2CNCCN32)on1. The maximum atomic E-state index is 16.4. The summed E-state index contributed by atoms with van der Waals surface area (Å²) in [7, 11) is 0. The zero-order valence-electron chi connectivity index (χ0n) is 22.1. The Bertz CT molecular complexity index is 1680. The van der Waals surface area contributed by atoms with Crippen molar-refractivity contribution in [3.8, 4) is 23.1 Å². The lowest BCUT2D eigenvalue weighted by molar-refractivity contribution is -0.137. The highest BCUT2D eigenvalue weighted by Crippen LogP contribution is 2.46. The number of nitrogens with zero attached hydrogens (tertiary/aromatic N) is 5. The van der Waals surface area contributed by atoms with Gasteiger partial charge >= 0.3 is 12.2 Å². The van der Waals surface area contributed by atoms with E-state index in [1.807, 2.05) is 4.90 Å². The lowest BCUT2D eigenvalue weighted by Gasteiger charge is -2.38. The van der Waals surface area contributed by atoms with Gasteiger partial charge in [-0.1, -0.05) is 5.16 Å². The predicted molar refractivity (Wildman–Crippen MR) is 137 cm³/mol. The topological polar surface area (TPSA) is 124 Å². The van der Waals surface area contributed by atoms with Crippen LogP contribution in [0, 0.1) is 25.5 Å². The van der Waals surface area contributed by atoms with Crippen molar-refractivity contribution in [3.05, 3.63) is 46.3 Å². The van der Waals surface area contributed by atoms with Gasteiger partial charge in [0.1, 0.15) is 34.3 Å². The lowest BCUT2D eigenvalue weighted by Crippen LogP contribution is -2.56. The Kier molecular flexibility index (Phi) is 6.36. The zero-order valence-corrected chi connectivity index (χ0v) is 22.1. The van der Waals surface area contributed by atoms with E-state index in [-0.39, 0.29) is 41.3 Å². The van der Waals surface area contributed by atoms with Gasteiger partial charge in [-0.3, -0.25) is 0 Å². The molecule has 0 radical (unpaired) electrons. The molecule has 2 aliphatic rings. The summed E-state index contributed by atoms with van der Waals surface area (Å²) in [5.74, 6) is -2.00. The lowest BCUT2D eigenvalue weighted by atomic mass is 9.96. The second-order valence-electron chi connectivity index (χ2n) is 9.97. The van der Waals surface area contributed by atoms with Gasteiger partial charge in [0.2, 0.25) is 5.88 Å². The monoisotopic (exact) mass is 577 g/mol. The Labute approximate surface area is 229 Å². The zero-order chi connectivity index (χ0) is 29.2. The third-order valence-electron chi connectivity index (χ3n) is 7.19. The van der Waals surface area contributed by atoms with Crippen LogP contribution >= 0.6 is 0 Å². The highest BCUT2D eigenvalue weighted by Gasteiger charge is 2.41. The van der Waals surface area contributed by atoms with E-state index < -0.39 is 52.0 Å². The van der Waals surface area contributed by atoms with Crippen molar-refractivity contribution in [2.75, 3.05) is 30.3 Å². The van der Waals surface area contributed by atoms with Crippen molar-refractivity contribution in [2.24, 2.45) is 0 Å². The largest absolute Gasteiger partial charge is 0.472 e. The molecule has 3 N–H and O–H groups in total. The van der Waals surface area contributed by atoms with Gasteiger partial charge in [0.15, 0.2) is 18.2 Å². The van der Waals surface area contributed by atoms with Crippen molar-refractivity contribution in [1.29, 1.82) is 0 Å². The van der Waals surface area contributed by atoms with Crippen LogP contribution in [0.5, 0.6) is 11.9 Å². The number of rotatable bonds is 4. The molecule has 0 spiro atoms. The molecule has 216 valence electrons. The summed E-state index contributed by atoms with van der Waals surface area (Å²) in [5, 5.41) is 7.14.